The van der Waals surface area contributed by atoms with Crippen molar-refractivity contribution in [2.45, 2.75) is 45.3 Å². The summed E-state index contributed by atoms with van der Waals surface area (Å²) in [6, 6.07) is 9.65. The van der Waals surface area contributed by atoms with E-state index in [0.29, 0.717) is 0 Å². The minimum Gasteiger partial charge on any atom is -0.315 e. The smallest absolute Gasteiger partial charge is 0.0349 e. The highest BCUT2D eigenvalue weighted by Crippen LogP contribution is 2.34. The van der Waals surface area contributed by atoms with Crippen LogP contribution < -0.4 is 5.32 Å². The van der Waals surface area contributed by atoms with Crippen LogP contribution in [0.1, 0.15) is 36.6 Å². The SMILES string of the molecule is CCC1CCCN1Cc1c(CNC)sc2ccccc12. The van der Waals surface area contributed by atoms with E-state index in [4.69, 9.17) is 0 Å². The van der Waals surface area contributed by atoms with E-state index in [1.807, 2.05) is 18.4 Å². The monoisotopic (exact) mass is 288 g/mol. The summed E-state index contributed by atoms with van der Waals surface area (Å²) < 4.78 is 1.43. The van der Waals surface area contributed by atoms with Gasteiger partial charge in [-0.3, -0.25) is 4.90 Å². The fourth-order valence-corrected chi connectivity index (χ4v) is 4.62. The quantitative estimate of drug-likeness (QED) is 0.895. The molecule has 108 valence electrons. The van der Waals surface area contributed by atoms with Gasteiger partial charge in [0.15, 0.2) is 0 Å². The molecule has 2 nitrogen and oxygen atoms in total. The molecule has 1 atom stereocenters. The first-order valence-electron chi connectivity index (χ1n) is 7.71. The van der Waals surface area contributed by atoms with E-state index in [1.54, 1.807) is 5.56 Å². The molecule has 20 heavy (non-hydrogen) atoms. The minimum atomic E-state index is 0.788. The van der Waals surface area contributed by atoms with Crippen LogP contribution in [0.25, 0.3) is 10.1 Å². The number of benzene rings is 1. The van der Waals surface area contributed by atoms with Gasteiger partial charge in [-0.25, -0.2) is 0 Å². The Hall–Kier alpha value is -0.900. The van der Waals surface area contributed by atoms with Crippen LogP contribution in [-0.2, 0) is 13.1 Å². The Kier molecular flexibility index (Phi) is 4.39. The summed E-state index contributed by atoms with van der Waals surface area (Å²) in [4.78, 5) is 4.20. The number of nitrogens with one attached hydrogen (secondary N) is 1. The normalized spacial score (nSPS) is 20.0. The Balaban J connectivity index is 1.94. The lowest BCUT2D eigenvalue weighted by Crippen LogP contribution is -2.28. The lowest BCUT2D eigenvalue weighted by atomic mass is 10.1. The summed E-state index contributed by atoms with van der Waals surface area (Å²) >= 11 is 1.95. The second-order valence-electron chi connectivity index (χ2n) is 5.71. The van der Waals surface area contributed by atoms with Crippen molar-refractivity contribution in [1.29, 1.82) is 0 Å². The fraction of sp³-hybridized carbons (Fsp3) is 0.529. The number of hydrogen-bond donors (Lipinski definition) is 1. The molecular weight excluding hydrogens is 264 g/mol. The van der Waals surface area contributed by atoms with E-state index in [2.05, 4.69) is 41.4 Å². The van der Waals surface area contributed by atoms with E-state index in [1.165, 1.54) is 40.8 Å². The van der Waals surface area contributed by atoms with Crippen molar-refractivity contribution < 1.29 is 0 Å². The second kappa shape index (κ2) is 6.25. The number of likely N-dealkylation sites (tertiary alicyclic amines) is 1. The molecule has 2 heterocycles. The molecule has 2 aromatic rings. The Morgan fingerprint density at radius 1 is 1.35 bits per heavy atom. The molecule has 1 saturated heterocycles. The molecule has 3 rings (SSSR count). The number of thiophene rings is 1. The highest BCUT2D eigenvalue weighted by atomic mass is 32.1. The second-order valence-corrected chi connectivity index (χ2v) is 6.84. The average molecular weight is 288 g/mol. The third kappa shape index (κ3) is 2.62. The van der Waals surface area contributed by atoms with Crippen LogP contribution in [0.3, 0.4) is 0 Å². The van der Waals surface area contributed by atoms with Crippen LogP contribution in [0.4, 0.5) is 0 Å². The van der Waals surface area contributed by atoms with Crippen LogP contribution in [-0.4, -0.2) is 24.5 Å². The Morgan fingerprint density at radius 3 is 3.00 bits per heavy atom. The van der Waals surface area contributed by atoms with Crippen molar-refractivity contribution in [1.82, 2.24) is 10.2 Å². The van der Waals surface area contributed by atoms with Gasteiger partial charge >= 0.3 is 0 Å². The predicted molar refractivity (Wildman–Crippen MR) is 88.3 cm³/mol. The molecule has 0 spiro atoms. The van der Waals surface area contributed by atoms with Gasteiger partial charge in [-0.05, 0) is 49.9 Å². The van der Waals surface area contributed by atoms with Crippen LogP contribution in [0, 0.1) is 0 Å². The standard InChI is InChI=1S/C17H24N2S/c1-3-13-7-6-10-19(13)12-15-14-8-4-5-9-16(14)20-17(15)11-18-2/h4-5,8-9,13,18H,3,6-7,10-12H2,1-2H3. The zero-order valence-electron chi connectivity index (χ0n) is 12.5. The van der Waals surface area contributed by atoms with Gasteiger partial charge < -0.3 is 5.32 Å². The molecule has 0 aliphatic carbocycles. The predicted octanol–water partition coefficient (Wildman–Crippen LogP) is 4.00. The molecule has 0 bridgehead atoms. The van der Waals surface area contributed by atoms with Gasteiger partial charge in [0.05, 0.1) is 0 Å². The molecular formula is C17H24N2S. The maximum Gasteiger partial charge on any atom is 0.0349 e. The fourth-order valence-electron chi connectivity index (χ4n) is 3.39. The maximum absolute atomic E-state index is 3.33. The molecule has 1 aromatic heterocycles. The summed E-state index contributed by atoms with van der Waals surface area (Å²) in [5, 5.41) is 4.79. The number of nitrogens with zero attached hydrogens (tertiary/aromatic N) is 1. The highest BCUT2D eigenvalue weighted by molar-refractivity contribution is 7.19. The molecule has 1 fully saturated rings. The largest absolute Gasteiger partial charge is 0.315 e. The Labute approximate surface area is 125 Å². The lowest BCUT2D eigenvalue weighted by molar-refractivity contribution is 0.240. The van der Waals surface area contributed by atoms with E-state index in [9.17, 15) is 0 Å². The highest BCUT2D eigenvalue weighted by Gasteiger charge is 2.24. The van der Waals surface area contributed by atoms with Gasteiger partial charge in [0.1, 0.15) is 0 Å². The van der Waals surface area contributed by atoms with Crippen LogP contribution >= 0.6 is 11.3 Å². The third-order valence-corrected chi connectivity index (χ3v) is 5.66. The van der Waals surface area contributed by atoms with Crippen molar-refractivity contribution in [3.05, 3.63) is 34.7 Å². The summed E-state index contributed by atoms with van der Waals surface area (Å²) in [5.74, 6) is 0. The maximum atomic E-state index is 3.33. The van der Waals surface area contributed by atoms with E-state index in [-0.39, 0.29) is 0 Å². The van der Waals surface area contributed by atoms with Crippen molar-refractivity contribution in [2.24, 2.45) is 0 Å². The number of fused-ring (bicyclic) bond motifs is 1. The molecule has 0 radical (unpaired) electrons. The molecule has 1 aliphatic rings. The third-order valence-electron chi connectivity index (χ3n) is 4.45. The summed E-state index contributed by atoms with van der Waals surface area (Å²) in [6.07, 6.45) is 4.02. The zero-order chi connectivity index (χ0) is 13.9. The average Bonchev–Trinajstić information content (AvgIpc) is 3.05. The first-order valence-corrected chi connectivity index (χ1v) is 8.53. The van der Waals surface area contributed by atoms with Gasteiger partial charge in [0.25, 0.3) is 0 Å². The van der Waals surface area contributed by atoms with Gasteiger partial charge in [-0.1, -0.05) is 25.1 Å². The first kappa shape index (κ1) is 14.1. The lowest BCUT2D eigenvalue weighted by Gasteiger charge is -2.23. The van der Waals surface area contributed by atoms with E-state index >= 15 is 0 Å². The van der Waals surface area contributed by atoms with Gasteiger partial charge in [-0.2, -0.15) is 0 Å². The number of hydrogen-bond acceptors (Lipinski definition) is 3. The molecule has 3 heteroatoms. The Bertz CT molecular complexity index is 575. The van der Waals surface area contributed by atoms with Gasteiger partial charge in [0, 0.05) is 28.7 Å². The van der Waals surface area contributed by atoms with Crippen molar-refractivity contribution in [2.75, 3.05) is 13.6 Å². The molecule has 1 N–H and O–H groups in total. The topological polar surface area (TPSA) is 15.3 Å². The summed E-state index contributed by atoms with van der Waals surface area (Å²) in [5.41, 5.74) is 1.56. The minimum absolute atomic E-state index is 0.788. The van der Waals surface area contributed by atoms with Crippen LogP contribution in [0.15, 0.2) is 24.3 Å². The molecule has 1 aromatic carbocycles. The number of rotatable bonds is 5. The van der Waals surface area contributed by atoms with Crippen LogP contribution in [0.5, 0.6) is 0 Å². The summed E-state index contributed by atoms with van der Waals surface area (Å²) in [7, 11) is 2.04. The Morgan fingerprint density at radius 2 is 2.20 bits per heavy atom. The van der Waals surface area contributed by atoms with E-state index < -0.39 is 0 Å². The van der Waals surface area contributed by atoms with Crippen LogP contribution in [0.2, 0.25) is 0 Å². The zero-order valence-corrected chi connectivity index (χ0v) is 13.3. The first-order chi connectivity index (χ1) is 9.83. The van der Waals surface area contributed by atoms with Gasteiger partial charge in [-0.15, -0.1) is 11.3 Å². The molecule has 0 amide bonds. The summed E-state index contributed by atoms with van der Waals surface area (Å²) in [6.45, 7) is 5.70. The van der Waals surface area contributed by atoms with Gasteiger partial charge in [0.2, 0.25) is 0 Å². The molecule has 1 unspecified atom stereocenters. The molecule has 1 aliphatic heterocycles. The molecule has 0 saturated carbocycles. The van der Waals surface area contributed by atoms with E-state index in [0.717, 1.165) is 19.1 Å². The van der Waals surface area contributed by atoms with Crippen molar-refractivity contribution >= 4 is 21.4 Å². The van der Waals surface area contributed by atoms with Crippen molar-refractivity contribution in [3.8, 4) is 0 Å². The van der Waals surface area contributed by atoms with Crippen molar-refractivity contribution in [3.63, 3.8) is 0 Å².